The summed E-state index contributed by atoms with van der Waals surface area (Å²) in [5, 5.41) is 0. The summed E-state index contributed by atoms with van der Waals surface area (Å²) in [6, 6.07) is 0. The van der Waals surface area contributed by atoms with Crippen LogP contribution in [0.25, 0.3) is 0 Å². The van der Waals surface area contributed by atoms with Crippen molar-refractivity contribution in [2.24, 2.45) is 5.92 Å². The van der Waals surface area contributed by atoms with Crippen molar-refractivity contribution in [3.8, 4) is 0 Å². The highest BCUT2D eigenvalue weighted by Crippen LogP contribution is 2.28. The lowest BCUT2D eigenvalue weighted by Gasteiger charge is -2.06. The molecule has 1 rings (SSSR count). The van der Waals surface area contributed by atoms with Crippen LogP contribution in [0.4, 0.5) is 0 Å². The predicted octanol–water partition coefficient (Wildman–Crippen LogP) is 3.92. The van der Waals surface area contributed by atoms with Gasteiger partial charge in [-0.3, -0.25) is 0 Å². The summed E-state index contributed by atoms with van der Waals surface area (Å²) >= 11 is 0. The normalized spacial score (nSPS) is 18.9. The van der Waals surface area contributed by atoms with Gasteiger partial charge in [-0.2, -0.15) is 0 Å². The van der Waals surface area contributed by atoms with Crippen molar-refractivity contribution >= 4 is 0 Å². The van der Waals surface area contributed by atoms with E-state index in [1.165, 1.54) is 51.4 Å². The van der Waals surface area contributed by atoms with Crippen molar-refractivity contribution in [3.05, 3.63) is 12.7 Å². The van der Waals surface area contributed by atoms with E-state index in [-0.39, 0.29) is 0 Å². The molecule has 0 N–H and O–H groups in total. The second-order valence-electron chi connectivity index (χ2n) is 3.72. The van der Waals surface area contributed by atoms with Gasteiger partial charge in [0.15, 0.2) is 0 Å². The van der Waals surface area contributed by atoms with Crippen LogP contribution in [0, 0.1) is 5.92 Å². The van der Waals surface area contributed by atoms with Gasteiger partial charge in [0.1, 0.15) is 0 Å². The molecule has 1 saturated carbocycles. The van der Waals surface area contributed by atoms with Gasteiger partial charge in [0.25, 0.3) is 0 Å². The smallest absolute Gasteiger partial charge is 0.0353 e. The first-order valence-electron chi connectivity index (χ1n) is 5.04. The summed E-state index contributed by atoms with van der Waals surface area (Å²) in [5.74, 6) is 1.08. The molecular formula is C11H20. The number of allylic oxidation sites excluding steroid dienone is 1. The summed E-state index contributed by atoms with van der Waals surface area (Å²) < 4.78 is 0. The van der Waals surface area contributed by atoms with Gasteiger partial charge < -0.3 is 0 Å². The van der Waals surface area contributed by atoms with E-state index in [1.54, 1.807) is 0 Å². The topological polar surface area (TPSA) is 0 Å². The van der Waals surface area contributed by atoms with Crippen LogP contribution >= 0.6 is 0 Å². The highest BCUT2D eigenvalue weighted by molar-refractivity contribution is 4.69. The molecule has 0 aromatic rings. The highest BCUT2D eigenvalue weighted by atomic mass is 14.2. The van der Waals surface area contributed by atoms with Gasteiger partial charge in [-0.25, -0.2) is 0 Å². The van der Waals surface area contributed by atoms with Crippen molar-refractivity contribution < 1.29 is 0 Å². The summed E-state index contributed by atoms with van der Waals surface area (Å²) in [7, 11) is 0. The van der Waals surface area contributed by atoms with Crippen LogP contribution in [0.15, 0.2) is 12.7 Å². The van der Waals surface area contributed by atoms with Crippen LogP contribution in [0.5, 0.6) is 0 Å². The Kier molecular flexibility index (Phi) is 4.33. The second-order valence-corrected chi connectivity index (χ2v) is 3.72. The standard InChI is InChI=1S/C11H20/c1-2-3-4-5-8-11-9-6-7-10-11/h2,11H,1,3-10H2. The molecule has 0 nitrogen and oxygen atoms in total. The zero-order valence-corrected chi connectivity index (χ0v) is 7.52. The first-order valence-corrected chi connectivity index (χ1v) is 5.04. The lowest BCUT2D eigenvalue weighted by Crippen LogP contribution is -1.91. The minimum atomic E-state index is 1.08. The molecule has 0 bridgehead atoms. The van der Waals surface area contributed by atoms with Gasteiger partial charge in [0.2, 0.25) is 0 Å². The third-order valence-corrected chi connectivity index (χ3v) is 2.75. The molecule has 1 aliphatic rings. The third-order valence-electron chi connectivity index (χ3n) is 2.75. The van der Waals surface area contributed by atoms with Gasteiger partial charge in [0, 0.05) is 0 Å². The van der Waals surface area contributed by atoms with E-state index in [1.807, 2.05) is 6.08 Å². The number of rotatable bonds is 5. The molecule has 0 radical (unpaired) electrons. The van der Waals surface area contributed by atoms with Crippen LogP contribution in [-0.2, 0) is 0 Å². The van der Waals surface area contributed by atoms with E-state index >= 15 is 0 Å². The zero-order valence-electron chi connectivity index (χ0n) is 7.52. The van der Waals surface area contributed by atoms with Crippen molar-refractivity contribution in [1.82, 2.24) is 0 Å². The monoisotopic (exact) mass is 152 g/mol. The van der Waals surface area contributed by atoms with Gasteiger partial charge in [-0.1, -0.05) is 44.6 Å². The largest absolute Gasteiger partial charge is 0.103 e. The predicted molar refractivity (Wildman–Crippen MR) is 50.6 cm³/mol. The maximum Gasteiger partial charge on any atom is -0.0353 e. The zero-order chi connectivity index (χ0) is 7.94. The fraction of sp³-hybridized carbons (Fsp3) is 0.818. The molecule has 0 heterocycles. The Morgan fingerprint density at radius 1 is 1.18 bits per heavy atom. The van der Waals surface area contributed by atoms with E-state index in [9.17, 15) is 0 Å². The summed E-state index contributed by atoms with van der Waals surface area (Å²) in [6.07, 6.45) is 13.5. The minimum Gasteiger partial charge on any atom is -0.103 e. The Morgan fingerprint density at radius 2 is 1.91 bits per heavy atom. The first-order chi connectivity index (χ1) is 5.43. The van der Waals surface area contributed by atoms with Crippen molar-refractivity contribution in [2.75, 3.05) is 0 Å². The van der Waals surface area contributed by atoms with Crippen molar-refractivity contribution in [1.29, 1.82) is 0 Å². The maximum atomic E-state index is 3.73. The number of unbranched alkanes of at least 4 members (excludes halogenated alkanes) is 2. The summed E-state index contributed by atoms with van der Waals surface area (Å²) in [4.78, 5) is 0. The van der Waals surface area contributed by atoms with Gasteiger partial charge in [-0.15, -0.1) is 6.58 Å². The van der Waals surface area contributed by atoms with Crippen molar-refractivity contribution in [3.63, 3.8) is 0 Å². The maximum absolute atomic E-state index is 3.73. The molecule has 1 fully saturated rings. The molecule has 0 heteroatoms. The Bertz CT molecular complexity index is 98.6. The van der Waals surface area contributed by atoms with Crippen molar-refractivity contribution in [2.45, 2.75) is 51.4 Å². The molecule has 0 amide bonds. The lowest BCUT2D eigenvalue weighted by molar-refractivity contribution is 0.475. The Balaban J connectivity index is 1.89. The first kappa shape index (κ1) is 8.83. The average Bonchev–Trinajstić information content (AvgIpc) is 2.50. The van der Waals surface area contributed by atoms with Crippen LogP contribution in [0.3, 0.4) is 0 Å². The van der Waals surface area contributed by atoms with Crippen LogP contribution in [-0.4, -0.2) is 0 Å². The van der Waals surface area contributed by atoms with Crippen LogP contribution < -0.4 is 0 Å². The Morgan fingerprint density at radius 3 is 2.55 bits per heavy atom. The molecule has 0 aliphatic heterocycles. The van der Waals surface area contributed by atoms with Gasteiger partial charge >= 0.3 is 0 Å². The number of hydrogen-bond donors (Lipinski definition) is 0. The fourth-order valence-electron chi connectivity index (χ4n) is 2.02. The lowest BCUT2D eigenvalue weighted by atomic mass is 10.00. The molecule has 0 aromatic carbocycles. The number of hydrogen-bond acceptors (Lipinski definition) is 0. The quantitative estimate of drug-likeness (QED) is 0.413. The third kappa shape index (κ3) is 3.60. The molecule has 64 valence electrons. The molecular weight excluding hydrogens is 132 g/mol. The van der Waals surface area contributed by atoms with E-state index < -0.39 is 0 Å². The van der Waals surface area contributed by atoms with E-state index in [0.29, 0.717) is 0 Å². The minimum absolute atomic E-state index is 1.08. The Labute approximate surface area is 70.7 Å². The van der Waals surface area contributed by atoms with Gasteiger partial charge in [-0.05, 0) is 18.8 Å². The molecule has 0 unspecified atom stereocenters. The summed E-state index contributed by atoms with van der Waals surface area (Å²) in [6.45, 7) is 3.73. The second kappa shape index (κ2) is 5.40. The van der Waals surface area contributed by atoms with Crippen LogP contribution in [0.1, 0.15) is 51.4 Å². The van der Waals surface area contributed by atoms with E-state index in [2.05, 4.69) is 6.58 Å². The molecule has 0 atom stereocenters. The molecule has 11 heavy (non-hydrogen) atoms. The van der Waals surface area contributed by atoms with E-state index in [0.717, 1.165) is 5.92 Å². The van der Waals surface area contributed by atoms with E-state index in [4.69, 9.17) is 0 Å². The molecule has 1 aliphatic carbocycles. The van der Waals surface area contributed by atoms with Gasteiger partial charge in [0.05, 0.1) is 0 Å². The Hall–Kier alpha value is -0.260. The van der Waals surface area contributed by atoms with Crippen LogP contribution in [0.2, 0.25) is 0 Å². The SMILES string of the molecule is C=CCCCCC1CCCC1. The summed E-state index contributed by atoms with van der Waals surface area (Å²) in [5.41, 5.74) is 0. The molecule has 0 aromatic heterocycles. The molecule has 0 saturated heterocycles. The average molecular weight is 152 g/mol. The molecule has 0 spiro atoms. The highest BCUT2D eigenvalue weighted by Gasteiger charge is 2.13. The fourth-order valence-corrected chi connectivity index (χ4v) is 2.02.